The SMILES string of the molecule is O=C(ON1C(=O)c2ccccc2C1=O)C1CCCN1S(=O)(=O)c1ccccc1. The first-order valence-corrected chi connectivity index (χ1v) is 10.1. The standard InChI is InChI=1S/C19H16N2O6S/c22-17-14-9-4-5-10-15(14)18(23)21(17)27-19(24)16-11-6-12-20(16)28(25,26)13-7-2-1-3-8-13/h1-5,7-10,16H,6,11-12H2. The minimum Gasteiger partial charge on any atom is -0.328 e. The van der Waals surface area contributed by atoms with Crippen LogP contribution in [0.1, 0.15) is 33.6 Å². The van der Waals surface area contributed by atoms with Gasteiger partial charge in [-0.05, 0) is 37.1 Å². The number of hydrogen-bond donors (Lipinski definition) is 0. The average molecular weight is 400 g/mol. The zero-order valence-electron chi connectivity index (χ0n) is 14.6. The van der Waals surface area contributed by atoms with Gasteiger partial charge < -0.3 is 4.84 Å². The van der Waals surface area contributed by atoms with Crippen LogP contribution < -0.4 is 0 Å². The fraction of sp³-hybridized carbons (Fsp3) is 0.211. The van der Waals surface area contributed by atoms with Crippen LogP contribution in [0.5, 0.6) is 0 Å². The van der Waals surface area contributed by atoms with E-state index in [2.05, 4.69) is 0 Å². The molecule has 1 fully saturated rings. The third-order valence-corrected chi connectivity index (χ3v) is 6.69. The van der Waals surface area contributed by atoms with Crippen LogP contribution in [0.2, 0.25) is 0 Å². The Balaban J connectivity index is 1.56. The third-order valence-electron chi connectivity index (χ3n) is 4.76. The number of rotatable bonds is 4. The van der Waals surface area contributed by atoms with E-state index in [-0.39, 0.29) is 29.0 Å². The number of benzene rings is 2. The fourth-order valence-corrected chi connectivity index (χ4v) is 5.06. The summed E-state index contributed by atoms with van der Waals surface area (Å²) in [5.41, 5.74) is 0.279. The number of hydroxylamine groups is 2. The zero-order chi connectivity index (χ0) is 19.9. The maximum Gasteiger partial charge on any atom is 0.351 e. The Morgan fingerprint density at radius 1 is 0.929 bits per heavy atom. The lowest BCUT2D eigenvalue weighted by Gasteiger charge is -2.23. The lowest BCUT2D eigenvalue weighted by Crippen LogP contribution is -2.44. The number of amides is 2. The van der Waals surface area contributed by atoms with Gasteiger partial charge in [-0.25, -0.2) is 13.2 Å². The number of hydrogen-bond acceptors (Lipinski definition) is 6. The molecule has 4 rings (SSSR count). The van der Waals surface area contributed by atoms with Crippen molar-refractivity contribution in [1.82, 2.24) is 9.37 Å². The van der Waals surface area contributed by atoms with E-state index in [1.54, 1.807) is 30.3 Å². The first-order valence-electron chi connectivity index (χ1n) is 8.68. The third kappa shape index (κ3) is 2.88. The molecule has 2 heterocycles. The maximum absolute atomic E-state index is 12.9. The summed E-state index contributed by atoms with van der Waals surface area (Å²) >= 11 is 0. The number of nitrogens with zero attached hydrogens (tertiary/aromatic N) is 2. The van der Waals surface area contributed by atoms with Crippen LogP contribution in [-0.2, 0) is 19.7 Å². The summed E-state index contributed by atoms with van der Waals surface area (Å²) in [6, 6.07) is 12.8. The molecule has 28 heavy (non-hydrogen) atoms. The Hall–Kier alpha value is -3.04. The summed E-state index contributed by atoms with van der Waals surface area (Å²) in [7, 11) is -3.90. The molecule has 1 atom stereocenters. The molecule has 8 nitrogen and oxygen atoms in total. The Labute approximate surface area is 161 Å². The highest BCUT2D eigenvalue weighted by Gasteiger charge is 2.44. The van der Waals surface area contributed by atoms with E-state index in [1.165, 1.54) is 24.3 Å². The van der Waals surface area contributed by atoms with Crippen molar-refractivity contribution in [2.45, 2.75) is 23.8 Å². The van der Waals surface area contributed by atoms with Gasteiger partial charge in [0, 0.05) is 6.54 Å². The monoisotopic (exact) mass is 400 g/mol. The summed E-state index contributed by atoms with van der Waals surface area (Å²) in [5.74, 6) is -2.44. The Morgan fingerprint density at radius 3 is 2.11 bits per heavy atom. The van der Waals surface area contributed by atoms with Crippen LogP contribution >= 0.6 is 0 Å². The molecule has 0 saturated carbocycles. The van der Waals surface area contributed by atoms with Gasteiger partial charge in [0.15, 0.2) is 0 Å². The van der Waals surface area contributed by atoms with Crippen molar-refractivity contribution in [3.05, 3.63) is 65.7 Å². The van der Waals surface area contributed by atoms with Crippen LogP contribution in [-0.4, -0.2) is 48.2 Å². The van der Waals surface area contributed by atoms with Crippen molar-refractivity contribution in [3.8, 4) is 0 Å². The number of sulfonamides is 1. The molecule has 9 heteroatoms. The molecule has 2 aromatic carbocycles. The van der Waals surface area contributed by atoms with Crippen LogP contribution in [0.4, 0.5) is 0 Å². The van der Waals surface area contributed by atoms with E-state index in [1.807, 2.05) is 0 Å². The van der Waals surface area contributed by atoms with Gasteiger partial charge >= 0.3 is 5.97 Å². The van der Waals surface area contributed by atoms with Crippen molar-refractivity contribution < 1.29 is 27.6 Å². The molecule has 0 bridgehead atoms. The van der Waals surface area contributed by atoms with Gasteiger partial charge in [-0.3, -0.25) is 9.59 Å². The summed E-state index contributed by atoms with van der Waals surface area (Å²) < 4.78 is 26.8. The van der Waals surface area contributed by atoms with E-state index in [0.717, 1.165) is 4.31 Å². The van der Waals surface area contributed by atoms with Crippen LogP contribution in [0.25, 0.3) is 0 Å². The van der Waals surface area contributed by atoms with Crippen LogP contribution in [0.15, 0.2) is 59.5 Å². The fourth-order valence-electron chi connectivity index (χ4n) is 3.39. The van der Waals surface area contributed by atoms with Gasteiger partial charge in [-0.15, -0.1) is 0 Å². The van der Waals surface area contributed by atoms with Crippen molar-refractivity contribution >= 4 is 27.8 Å². The van der Waals surface area contributed by atoms with E-state index >= 15 is 0 Å². The molecular formula is C19H16N2O6S. The number of carbonyl (C=O) groups is 3. The normalized spacial score (nSPS) is 19.7. The Bertz CT molecular complexity index is 1030. The summed E-state index contributed by atoms with van der Waals surface area (Å²) in [6.45, 7) is 0.152. The predicted octanol–water partition coefficient (Wildman–Crippen LogP) is 1.59. The second-order valence-corrected chi connectivity index (χ2v) is 8.34. The van der Waals surface area contributed by atoms with Gasteiger partial charge in [0.05, 0.1) is 16.0 Å². The molecule has 2 amide bonds. The van der Waals surface area contributed by atoms with Crippen molar-refractivity contribution in [3.63, 3.8) is 0 Å². The summed E-state index contributed by atoms with van der Waals surface area (Å²) in [5, 5.41) is 0.401. The van der Waals surface area contributed by atoms with Crippen LogP contribution in [0, 0.1) is 0 Å². The summed E-state index contributed by atoms with van der Waals surface area (Å²) in [4.78, 5) is 42.5. The molecule has 2 aliphatic heterocycles. The van der Waals surface area contributed by atoms with Gasteiger partial charge in [-0.2, -0.15) is 4.31 Å². The topological polar surface area (TPSA) is 101 Å². The molecule has 0 aliphatic carbocycles. The quantitative estimate of drug-likeness (QED) is 0.723. The molecule has 2 aromatic rings. The van der Waals surface area contributed by atoms with Crippen molar-refractivity contribution in [2.75, 3.05) is 6.54 Å². The number of imide groups is 1. The molecular weight excluding hydrogens is 384 g/mol. The second kappa shape index (κ2) is 6.84. The van der Waals surface area contributed by atoms with Crippen molar-refractivity contribution in [2.24, 2.45) is 0 Å². The Kier molecular flexibility index (Phi) is 4.48. The molecule has 0 radical (unpaired) electrons. The predicted molar refractivity (Wildman–Crippen MR) is 96.4 cm³/mol. The van der Waals surface area contributed by atoms with Crippen molar-refractivity contribution in [1.29, 1.82) is 0 Å². The molecule has 0 spiro atoms. The maximum atomic E-state index is 12.9. The van der Waals surface area contributed by atoms with Gasteiger partial charge in [-0.1, -0.05) is 35.4 Å². The second-order valence-electron chi connectivity index (χ2n) is 6.45. The first-order chi connectivity index (χ1) is 13.4. The number of fused-ring (bicyclic) bond motifs is 1. The molecule has 0 N–H and O–H groups in total. The van der Waals surface area contributed by atoms with E-state index < -0.39 is 33.8 Å². The molecule has 1 unspecified atom stereocenters. The van der Waals surface area contributed by atoms with Gasteiger partial charge in [0.25, 0.3) is 11.8 Å². The average Bonchev–Trinajstić information content (AvgIpc) is 3.30. The number of carbonyl (C=O) groups excluding carboxylic acids is 3. The lowest BCUT2D eigenvalue weighted by atomic mass is 10.1. The highest BCUT2D eigenvalue weighted by atomic mass is 32.2. The van der Waals surface area contributed by atoms with Gasteiger partial charge in [0.2, 0.25) is 10.0 Å². The van der Waals surface area contributed by atoms with E-state index in [9.17, 15) is 22.8 Å². The summed E-state index contributed by atoms with van der Waals surface area (Å²) in [6.07, 6.45) is 0.710. The zero-order valence-corrected chi connectivity index (χ0v) is 15.5. The molecule has 144 valence electrons. The largest absolute Gasteiger partial charge is 0.351 e. The Morgan fingerprint density at radius 2 is 1.50 bits per heavy atom. The molecule has 1 saturated heterocycles. The van der Waals surface area contributed by atoms with E-state index in [0.29, 0.717) is 11.5 Å². The van der Waals surface area contributed by atoms with Crippen LogP contribution in [0.3, 0.4) is 0 Å². The molecule has 2 aliphatic rings. The lowest BCUT2D eigenvalue weighted by molar-refractivity contribution is -0.172. The minimum atomic E-state index is -3.90. The minimum absolute atomic E-state index is 0.0652. The van der Waals surface area contributed by atoms with E-state index in [4.69, 9.17) is 4.84 Å². The highest BCUT2D eigenvalue weighted by molar-refractivity contribution is 7.89. The first kappa shape index (κ1) is 18.3. The molecule has 0 aromatic heterocycles. The highest BCUT2D eigenvalue weighted by Crippen LogP contribution is 2.28. The van der Waals surface area contributed by atoms with Gasteiger partial charge in [0.1, 0.15) is 6.04 Å². The smallest absolute Gasteiger partial charge is 0.328 e.